The fraction of sp³-hybridized carbons (Fsp3) is 0.200. The highest BCUT2D eigenvalue weighted by molar-refractivity contribution is 9.10. The number of nitrogens with zero attached hydrogens (tertiary/aromatic N) is 1. The molecule has 0 N–H and O–H groups in total. The van der Waals surface area contributed by atoms with E-state index in [1.165, 1.54) is 27.5 Å². The van der Waals surface area contributed by atoms with Crippen LogP contribution in [0.3, 0.4) is 0 Å². The molecule has 23 heavy (non-hydrogen) atoms. The highest BCUT2D eigenvalue weighted by Gasteiger charge is 2.33. The van der Waals surface area contributed by atoms with E-state index in [4.69, 9.17) is 4.74 Å². The summed E-state index contributed by atoms with van der Waals surface area (Å²) in [6.45, 7) is 2.00. The largest absolute Gasteiger partial charge is 0.471 e. The fourth-order valence-electron chi connectivity index (χ4n) is 3.82. The Hall–Kier alpha value is -1.84. The standard InChI is InChI=1S/C20H16BrNO/c21-15-6-7-16-14(11-15)5-8-19-18(16)12-22-10-9-13-3-1-2-4-17(13)20(22)23-19/h1-8,11,20H,9-10,12H2. The maximum Gasteiger partial charge on any atom is 0.179 e. The maximum absolute atomic E-state index is 6.41. The molecule has 0 saturated heterocycles. The molecule has 0 saturated carbocycles. The van der Waals surface area contributed by atoms with Crippen LogP contribution < -0.4 is 4.74 Å². The summed E-state index contributed by atoms with van der Waals surface area (Å²) in [6, 6.07) is 19.4. The Labute approximate surface area is 143 Å². The van der Waals surface area contributed by atoms with Gasteiger partial charge in [0.2, 0.25) is 0 Å². The molecule has 0 spiro atoms. The first-order valence-electron chi connectivity index (χ1n) is 7.99. The quantitative estimate of drug-likeness (QED) is 0.552. The molecule has 1 atom stereocenters. The Morgan fingerprint density at radius 1 is 1.04 bits per heavy atom. The summed E-state index contributed by atoms with van der Waals surface area (Å²) >= 11 is 3.56. The Morgan fingerprint density at radius 3 is 2.91 bits per heavy atom. The van der Waals surface area contributed by atoms with Crippen molar-refractivity contribution < 1.29 is 4.74 Å². The lowest BCUT2D eigenvalue weighted by Gasteiger charge is -2.41. The van der Waals surface area contributed by atoms with Gasteiger partial charge >= 0.3 is 0 Å². The molecule has 0 aromatic heterocycles. The van der Waals surface area contributed by atoms with Crippen molar-refractivity contribution in [2.45, 2.75) is 19.2 Å². The normalized spacial score (nSPS) is 19.6. The number of hydrogen-bond acceptors (Lipinski definition) is 2. The molecule has 3 heteroatoms. The van der Waals surface area contributed by atoms with E-state index < -0.39 is 0 Å². The SMILES string of the molecule is Brc1ccc2c3c(ccc2c1)OC1c2ccccc2CCN1C3. The second-order valence-electron chi connectivity index (χ2n) is 6.30. The van der Waals surface area contributed by atoms with Gasteiger partial charge in [0.1, 0.15) is 5.75 Å². The second kappa shape index (κ2) is 5.08. The van der Waals surface area contributed by atoms with Crippen molar-refractivity contribution in [3.05, 3.63) is 75.8 Å². The van der Waals surface area contributed by atoms with Crippen molar-refractivity contribution in [2.75, 3.05) is 6.54 Å². The van der Waals surface area contributed by atoms with Gasteiger partial charge in [-0.2, -0.15) is 0 Å². The van der Waals surface area contributed by atoms with Crippen LogP contribution in [0.2, 0.25) is 0 Å². The van der Waals surface area contributed by atoms with Gasteiger partial charge in [0, 0.05) is 28.7 Å². The molecule has 1 unspecified atom stereocenters. The topological polar surface area (TPSA) is 12.5 Å². The summed E-state index contributed by atoms with van der Waals surface area (Å²) in [6.07, 6.45) is 1.15. The molecular weight excluding hydrogens is 350 g/mol. The molecule has 0 fully saturated rings. The van der Waals surface area contributed by atoms with Crippen molar-refractivity contribution in [1.82, 2.24) is 4.90 Å². The minimum absolute atomic E-state index is 0.0559. The summed E-state index contributed by atoms with van der Waals surface area (Å²) in [5.41, 5.74) is 4.05. The molecule has 0 aliphatic carbocycles. The van der Waals surface area contributed by atoms with E-state index in [2.05, 4.69) is 75.4 Å². The van der Waals surface area contributed by atoms with Gasteiger partial charge in [-0.3, -0.25) is 4.90 Å². The third kappa shape index (κ3) is 2.11. The van der Waals surface area contributed by atoms with E-state index >= 15 is 0 Å². The summed E-state index contributed by atoms with van der Waals surface area (Å²) in [5, 5.41) is 2.56. The number of rotatable bonds is 0. The molecule has 2 nitrogen and oxygen atoms in total. The first-order valence-corrected chi connectivity index (χ1v) is 8.78. The zero-order valence-electron chi connectivity index (χ0n) is 12.6. The Morgan fingerprint density at radius 2 is 1.96 bits per heavy atom. The summed E-state index contributed by atoms with van der Waals surface area (Å²) in [5.74, 6) is 1.03. The lowest BCUT2D eigenvalue weighted by atomic mass is 9.95. The minimum Gasteiger partial charge on any atom is -0.471 e. The van der Waals surface area contributed by atoms with Crippen molar-refractivity contribution >= 4 is 26.7 Å². The van der Waals surface area contributed by atoms with Crippen molar-refractivity contribution in [2.24, 2.45) is 0 Å². The molecule has 3 aromatic carbocycles. The third-order valence-electron chi connectivity index (χ3n) is 4.97. The lowest BCUT2D eigenvalue weighted by molar-refractivity contribution is -0.00953. The van der Waals surface area contributed by atoms with Crippen molar-refractivity contribution in [3.8, 4) is 5.75 Å². The Kier molecular flexibility index (Phi) is 3.00. The fourth-order valence-corrected chi connectivity index (χ4v) is 4.20. The van der Waals surface area contributed by atoms with Gasteiger partial charge in [0.15, 0.2) is 6.23 Å². The first-order chi connectivity index (χ1) is 11.3. The van der Waals surface area contributed by atoms with Crippen LogP contribution >= 0.6 is 15.9 Å². The molecule has 0 amide bonds. The molecule has 5 rings (SSSR count). The highest BCUT2D eigenvalue weighted by Crippen LogP contribution is 2.41. The molecule has 0 radical (unpaired) electrons. The monoisotopic (exact) mass is 365 g/mol. The summed E-state index contributed by atoms with van der Waals surface area (Å²) < 4.78 is 7.53. The highest BCUT2D eigenvalue weighted by atomic mass is 79.9. The second-order valence-corrected chi connectivity index (χ2v) is 7.21. The van der Waals surface area contributed by atoms with E-state index in [1.807, 2.05) is 0 Å². The lowest BCUT2D eigenvalue weighted by Crippen LogP contribution is -2.40. The van der Waals surface area contributed by atoms with E-state index in [9.17, 15) is 0 Å². The number of fused-ring (bicyclic) bond motifs is 6. The van der Waals surface area contributed by atoms with Crippen LogP contribution in [0.5, 0.6) is 5.75 Å². The molecule has 114 valence electrons. The maximum atomic E-state index is 6.41. The van der Waals surface area contributed by atoms with Gasteiger partial charge in [0.05, 0.1) is 0 Å². The Bertz CT molecular complexity index is 921. The molecule has 2 aliphatic rings. The van der Waals surface area contributed by atoms with Crippen LogP contribution in [0, 0.1) is 0 Å². The number of hydrogen-bond donors (Lipinski definition) is 0. The average Bonchev–Trinajstić information content (AvgIpc) is 2.59. The van der Waals surface area contributed by atoms with E-state index in [0.29, 0.717) is 0 Å². The summed E-state index contributed by atoms with van der Waals surface area (Å²) in [7, 11) is 0. The van der Waals surface area contributed by atoms with Gasteiger partial charge < -0.3 is 4.74 Å². The van der Waals surface area contributed by atoms with Crippen molar-refractivity contribution in [3.63, 3.8) is 0 Å². The van der Waals surface area contributed by atoms with Crippen LogP contribution in [0.1, 0.15) is 22.9 Å². The van der Waals surface area contributed by atoms with E-state index in [1.54, 1.807) is 0 Å². The van der Waals surface area contributed by atoms with E-state index in [0.717, 1.165) is 29.7 Å². The molecule has 3 aromatic rings. The smallest absolute Gasteiger partial charge is 0.179 e. The van der Waals surface area contributed by atoms with Crippen LogP contribution in [-0.2, 0) is 13.0 Å². The minimum atomic E-state index is 0.0559. The number of halogens is 1. The zero-order valence-corrected chi connectivity index (χ0v) is 14.2. The molecule has 0 bridgehead atoms. The van der Waals surface area contributed by atoms with Crippen LogP contribution in [0.4, 0.5) is 0 Å². The van der Waals surface area contributed by atoms with Gasteiger partial charge in [0.25, 0.3) is 0 Å². The number of ether oxygens (including phenoxy) is 1. The zero-order chi connectivity index (χ0) is 15.4. The predicted octanol–water partition coefficient (Wildman–Crippen LogP) is 5.05. The van der Waals surface area contributed by atoms with E-state index in [-0.39, 0.29) is 6.23 Å². The molecule has 2 aliphatic heterocycles. The third-order valence-corrected chi connectivity index (χ3v) is 5.46. The van der Waals surface area contributed by atoms with Gasteiger partial charge in [-0.15, -0.1) is 0 Å². The molecular formula is C20H16BrNO. The molecule has 2 heterocycles. The Balaban J connectivity index is 1.64. The van der Waals surface area contributed by atoms with Crippen LogP contribution in [-0.4, -0.2) is 11.4 Å². The average molecular weight is 366 g/mol. The van der Waals surface area contributed by atoms with Crippen molar-refractivity contribution in [1.29, 1.82) is 0 Å². The summed E-state index contributed by atoms with van der Waals surface area (Å²) in [4.78, 5) is 2.45. The van der Waals surface area contributed by atoms with Crippen LogP contribution in [0.25, 0.3) is 10.8 Å². The first kappa shape index (κ1) is 13.6. The predicted molar refractivity (Wildman–Crippen MR) is 95.6 cm³/mol. The van der Waals surface area contributed by atoms with Gasteiger partial charge in [-0.05, 0) is 41.0 Å². The van der Waals surface area contributed by atoms with Crippen LogP contribution in [0.15, 0.2) is 59.1 Å². The van der Waals surface area contributed by atoms with Gasteiger partial charge in [-0.25, -0.2) is 0 Å². The number of benzene rings is 3. The van der Waals surface area contributed by atoms with Gasteiger partial charge in [-0.1, -0.05) is 52.3 Å².